The Bertz CT molecular complexity index is 1000. The topological polar surface area (TPSA) is 56.1 Å². The van der Waals surface area contributed by atoms with E-state index < -0.39 is 0 Å². The summed E-state index contributed by atoms with van der Waals surface area (Å²) in [5.41, 5.74) is 3.21. The second-order valence-corrected chi connectivity index (χ2v) is 8.31. The number of aromatic nitrogens is 4. The molecule has 0 aliphatic carbocycles. The Hall–Kier alpha value is -2.02. The van der Waals surface area contributed by atoms with Crippen LogP contribution in [-0.4, -0.2) is 57.0 Å². The number of piperidine rings is 1. The molecule has 3 aromatic rings. The monoisotopic (exact) mass is 397 g/mol. The van der Waals surface area contributed by atoms with Gasteiger partial charge in [0.15, 0.2) is 5.82 Å². The second kappa shape index (κ2) is 7.10. The molecule has 4 heterocycles. The van der Waals surface area contributed by atoms with Crippen LogP contribution < -0.4 is 0 Å². The van der Waals surface area contributed by atoms with Crippen molar-refractivity contribution in [1.29, 1.82) is 0 Å². The average Bonchev–Trinajstić information content (AvgIpc) is 3.02. The summed E-state index contributed by atoms with van der Waals surface area (Å²) >= 11 is 6.68. The normalized spacial score (nSPS) is 19.2. The largest absolute Gasteiger partial charge is 0.378 e. The third-order valence-electron chi connectivity index (χ3n) is 5.96. The third kappa shape index (κ3) is 3.19. The molecule has 0 atom stereocenters. The number of hydrogen-bond acceptors (Lipinski definition) is 5. The molecule has 28 heavy (non-hydrogen) atoms. The molecule has 0 unspecified atom stereocenters. The summed E-state index contributed by atoms with van der Waals surface area (Å²) in [5, 5.41) is 6.45. The smallest absolute Gasteiger partial charge is 0.157 e. The van der Waals surface area contributed by atoms with Gasteiger partial charge in [-0.05, 0) is 63.4 Å². The van der Waals surface area contributed by atoms with Crippen LogP contribution in [0.1, 0.15) is 35.8 Å². The van der Waals surface area contributed by atoms with E-state index >= 15 is 0 Å². The molecule has 146 valence electrons. The van der Waals surface area contributed by atoms with E-state index in [2.05, 4.69) is 26.0 Å². The molecule has 0 bridgehead atoms. The van der Waals surface area contributed by atoms with Crippen LogP contribution in [0.25, 0.3) is 16.7 Å². The van der Waals surface area contributed by atoms with Crippen molar-refractivity contribution in [1.82, 2.24) is 24.6 Å². The summed E-state index contributed by atoms with van der Waals surface area (Å²) in [4.78, 5) is 11.5. The maximum atomic E-state index is 6.68. The van der Waals surface area contributed by atoms with Crippen molar-refractivity contribution >= 4 is 22.5 Å². The highest BCUT2D eigenvalue weighted by Crippen LogP contribution is 2.36. The van der Waals surface area contributed by atoms with E-state index in [4.69, 9.17) is 16.3 Å². The van der Waals surface area contributed by atoms with E-state index in [-0.39, 0.29) is 0 Å². The van der Waals surface area contributed by atoms with Crippen LogP contribution in [0, 0.1) is 13.8 Å². The lowest BCUT2D eigenvalue weighted by Crippen LogP contribution is -2.51. The minimum absolute atomic E-state index is 0.478. The first-order valence-electron chi connectivity index (χ1n) is 9.90. The Labute approximate surface area is 169 Å². The Morgan fingerprint density at radius 2 is 1.86 bits per heavy atom. The van der Waals surface area contributed by atoms with Gasteiger partial charge in [0.2, 0.25) is 0 Å². The van der Waals surface area contributed by atoms with Gasteiger partial charge in [0.05, 0.1) is 31.0 Å². The van der Waals surface area contributed by atoms with E-state index in [0.717, 1.165) is 72.4 Å². The number of nitrogens with zero attached hydrogens (tertiary/aromatic N) is 5. The fourth-order valence-electron chi connectivity index (χ4n) is 4.37. The molecule has 7 heteroatoms. The molecule has 0 N–H and O–H groups in total. The summed E-state index contributed by atoms with van der Waals surface area (Å²) in [6, 6.07) is 6.84. The maximum Gasteiger partial charge on any atom is 0.157 e. The van der Waals surface area contributed by atoms with E-state index in [1.165, 1.54) is 5.56 Å². The molecule has 2 aliphatic rings. The highest BCUT2D eigenvalue weighted by Gasteiger charge is 2.30. The van der Waals surface area contributed by atoms with Gasteiger partial charge in [-0.25, -0.2) is 14.6 Å². The summed E-state index contributed by atoms with van der Waals surface area (Å²) < 4.78 is 7.25. The Morgan fingerprint density at radius 1 is 1.07 bits per heavy atom. The predicted molar refractivity (Wildman–Crippen MR) is 109 cm³/mol. The van der Waals surface area contributed by atoms with E-state index in [1.807, 2.05) is 36.9 Å². The highest BCUT2D eigenvalue weighted by molar-refractivity contribution is 6.32. The summed E-state index contributed by atoms with van der Waals surface area (Å²) in [5.74, 6) is 2.03. The minimum Gasteiger partial charge on any atom is -0.378 e. The molecule has 2 aliphatic heterocycles. The van der Waals surface area contributed by atoms with Gasteiger partial charge in [0, 0.05) is 22.2 Å². The van der Waals surface area contributed by atoms with Gasteiger partial charge in [-0.1, -0.05) is 11.6 Å². The molecule has 0 radical (unpaired) electrons. The van der Waals surface area contributed by atoms with Gasteiger partial charge in [-0.3, -0.25) is 4.90 Å². The molecular formula is C21H24ClN5O. The number of aryl methyl sites for hydroxylation is 2. The van der Waals surface area contributed by atoms with Gasteiger partial charge in [0.1, 0.15) is 5.82 Å². The van der Waals surface area contributed by atoms with Gasteiger partial charge < -0.3 is 4.74 Å². The average molecular weight is 398 g/mol. The molecular weight excluding hydrogens is 374 g/mol. The standard InChI is InChI=1S/C21H24ClN5O/c1-13-7-21(25-14(2)24-13)27-20-9-18(19(22)8-16(20)10-23-27)15-3-5-26(6-4-15)17-11-28-12-17/h7-10,15,17H,3-6,11-12H2,1-2H3. The molecule has 0 saturated carbocycles. The minimum atomic E-state index is 0.478. The lowest BCUT2D eigenvalue weighted by atomic mass is 9.88. The van der Waals surface area contributed by atoms with Crippen LogP contribution in [0.3, 0.4) is 0 Å². The van der Waals surface area contributed by atoms with Crippen molar-refractivity contribution in [3.63, 3.8) is 0 Å². The Kier molecular flexibility index (Phi) is 4.57. The van der Waals surface area contributed by atoms with Crippen molar-refractivity contribution in [3.8, 4) is 5.82 Å². The Balaban J connectivity index is 1.47. The molecule has 2 fully saturated rings. The molecule has 0 spiro atoms. The molecule has 6 nitrogen and oxygen atoms in total. The SMILES string of the molecule is Cc1cc(-n2ncc3cc(Cl)c(C4CCN(C5COC5)CC4)cc32)nc(C)n1. The zero-order valence-electron chi connectivity index (χ0n) is 16.2. The van der Waals surface area contributed by atoms with Crippen molar-refractivity contribution in [2.24, 2.45) is 0 Å². The number of benzene rings is 1. The lowest BCUT2D eigenvalue weighted by molar-refractivity contribution is -0.0712. The van der Waals surface area contributed by atoms with Gasteiger partial charge in [-0.15, -0.1) is 0 Å². The highest BCUT2D eigenvalue weighted by atomic mass is 35.5. The molecule has 5 rings (SSSR count). The van der Waals surface area contributed by atoms with Crippen LogP contribution in [-0.2, 0) is 4.74 Å². The predicted octanol–water partition coefficient (Wildman–Crippen LogP) is 3.66. The fraction of sp³-hybridized carbons (Fsp3) is 0.476. The zero-order valence-corrected chi connectivity index (χ0v) is 17.0. The number of fused-ring (bicyclic) bond motifs is 1. The van der Waals surface area contributed by atoms with Crippen molar-refractivity contribution < 1.29 is 4.74 Å². The number of halogens is 1. The maximum absolute atomic E-state index is 6.68. The first-order chi connectivity index (χ1) is 13.6. The van der Waals surface area contributed by atoms with Gasteiger partial charge in [-0.2, -0.15) is 5.10 Å². The van der Waals surface area contributed by atoms with Crippen molar-refractivity contribution in [3.05, 3.63) is 46.5 Å². The zero-order chi connectivity index (χ0) is 19.3. The molecule has 2 aromatic heterocycles. The summed E-state index contributed by atoms with van der Waals surface area (Å²) in [7, 11) is 0. The van der Waals surface area contributed by atoms with Crippen LogP contribution >= 0.6 is 11.6 Å². The molecule has 1 aromatic carbocycles. The number of ether oxygens (including phenoxy) is 1. The van der Waals surface area contributed by atoms with Crippen LogP contribution in [0.15, 0.2) is 24.4 Å². The molecule has 0 amide bonds. The van der Waals surface area contributed by atoms with E-state index in [9.17, 15) is 0 Å². The third-order valence-corrected chi connectivity index (χ3v) is 6.29. The van der Waals surface area contributed by atoms with Crippen molar-refractivity contribution in [2.45, 2.75) is 38.6 Å². The number of hydrogen-bond donors (Lipinski definition) is 0. The fourth-order valence-corrected chi connectivity index (χ4v) is 4.70. The van der Waals surface area contributed by atoms with Crippen LogP contribution in [0.5, 0.6) is 0 Å². The number of likely N-dealkylation sites (tertiary alicyclic amines) is 1. The van der Waals surface area contributed by atoms with Crippen LogP contribution in [0.4, 0.5) is 0 Å². The van der Waals surface area contributed by atoms with E-state index in [0.29, 0.717) is 12.0 Å². The quantitative estimate of drug-likeness (QED) is 0.675. The van der Waals surface area contributed by atoms with E-state index in [1.54, 1.807) is 0 Å². The van der Waals surface area contributed by atoms with Gasteiger partial charge >= 0.3 is 0 Å². The second-order valence-electron chi connectivity index (χ2n) is 7.91. The van der Waals surface area contributed by atoms with Crippen molar-refractivity contribution in [2.75, 3.05) is 26.3 Å². The van der Waals surface area contributed by atoms with Gasteiger partial charge in [0.25, 0.3) is 0 Å². The molecule has 2 saturated heterocycles. The lowest BCUT2D eigenvalue weighted by Gasteiger charge is -2.41. The first kappa shape index (κ1) is 18.0. The summed E-state index contributed by atoms with van der Waals surface area (Å²) in [6.45, 7) is 7.87. The first-order valence-corrected chi connectivity index (χ1v) is 10.3. The number of rotatable bonds is 3. The summed E-state index contributed by atoms with van der Waals surface area (Å²) in [6.07, 6.45) is 4.11. The van der Waals surface area contributed by atoms with Crippen LogP contribution in [0.2, 0.25) is 5.02 Å². The Morgan fingerprint density at radius 3 is 2.54 bits per heavy atom.